The second kappa shape index (κ2) is 5.05. The maximum Gasteiger partial charge on any atom is 0.161 e. The monoisotopic (exact) mass is 234 g/mol. The summed E-state index contributed by atoms with van der Waals surface area (Å²) < 4.78 is 14.2. The van der Waals surface area contributed by atoms with Gasteiger partial charge in [-0.15, -0.1) is 0 Å². The van der Waals surface area contributed by atoms with Gasteiger partial charge in [-0.2, -0.15) is 5.10 Å². The van der Waals surface area contributed by atoms with Crippen molar-refractivity contribution in [1.82, 2.24) is 14.8 Å². The van der Waals surface area contributed by atoms with Gasteiger partial charge in [-0.1, -0.05) is 6.07 Å². The molecular formula is C12H15FN4. The summed E-state index contributed by atoms with van der Waals surface area (Å²) >= 11 is 0. The highest BCUT2D eigenvalue weighted by atomic mass is 19.1. The predicted octanol–water partition coefficient (Wildman–Crippen LogP) is 1.36. The molecule has 5 heteroatoms. The van der Waals surface area contributed by atoms with E-state index in [4.69, 9.17) is 5.73 Å². The summed E-state index contributed by atoms with van der Waals surface area (Å²) in [6.45, 7) is 2.43. The van der Waals surface area contributed by atoms with E-state index in [0.717, 1.165) is 17.7 Å². The first kappa shape index (κ1) is 11.7. The predicted molar refractivity (Wildman–Crippen MR) is 62.9 cm³/mol. The molecule has 0 saturated carbocycles. The summed E-state index contributed by atoms with van der Waals surface area (Å²) in [6, 6.07) is 4.03. The maximum absolute atomic E-state index is 12.7. The summed E-state index contributed by atoms with van der Waals surface area (Å²) in [5.41, 5.74) is 7.66. The van der Waals surface area contributed by atoms with Crippen LogP contribution in [0.1, 0.15) is 18.2 Å². The van der Waals surface area contributed by atoms with E-state index in [1.807, 2.05) is 19.1 Å². The van der Waals surface area contributed by atoms with Crippen LogP contribution in [0.5, 0.6) is 0 Å². The number of halogens is 1. The van der Waals surface area contributed by atoms with Gasteiger partial charge in [0, 0.05) is 12.2 Å². The highest BCUT2D eigenvalue weighted by Crippen LogP contribution is 2.05. The maximum atomic E-state index is 12.7. The Labute approximate surface area is 99.3 Å². The van der Waals surface area contributed by atoms with Crippen LogP contribution in [0.3, 0.4) is 0 Å². The van der Waals surface area contributed by atoms with Gasteiger partial charge >= 0.3 is 0 Å². The lowest BCUT2D eigenvalue weighted by Gasteiger charge is -2.06. The molecule has 0 unspecified atom stereocenters. The fourth-order valence-electron chi connectivity index (χ4n) is 1.63. The normalized spacial score (nSPS) is 12.6. The Bertz CT molecular complexity index is 476. The summed E-state index contributed by atoms with van der Waals surface area (Å²) in [5.74, 6) is -0.335. The van der Waals surface area contributed by atoms with E-state index in [1.165, 1.54) is 17.1 Å². The summed E-state index contributed by atoms with van der Waals surface area (Å²) in [7, 11) is 0. The summed E-state index contributed by atoms with van der Waals surface area (Å²) in [5, 5.41) is 3.86. The summed E-state index contributed by atoms with van der Waals surface area (Å²) in [4.78, 5) is 4.30. The van der Waals surface area contributed by atoms with E-state index in [2.05, 4.69) is 10.1 Å². The minimum Gasteiger partial charge on any atom is -0.328 e. The molecule has 17 heavy (non-hydrogen) atoms. The van der Waals surface area contributed by atoms with Gasteiger partial charge in [-0.25, -0.2) is 4.39 Å². The average molecular weight is 234 g/mol. The zero-order valence-electron chi connectivity index (χ0n) is 9.68. The number of rotatable bonds is 4. The Morgan fingerprint density at radius 1 is 1.41 bits per heavy atom. The zero-order chi connectivity index (χ0) is 12.3. The molecule has 90 valence electrons. The second-order valence-corrected chi connectivity index (χ2v) is 4.20. The van der Waals surface area contributed by atoms with Gasteiger partial charge in [0.1, 0.15) is 0 Å². The molecule has 1 atom stereocenters. The molecule has 2 aromatic heterocycles. The lowest BCUT2D eigenvalue weighted by molar-refractivity contribution is 0.617. The molecule has 0 aliphatic rings. The number of nitrogens with zero attached hydrogens (tertiary/aromatic N) is 3. The van der Waals surface area contributed by atoms with Crippen molar-refractivity contribution >= 4 is 0 Å². The second-order valence-electron chi connectivity index (χ2n) is 4.20. The zero-order valence-corrected chi connectivity index (χ0v) is 9.68. The van der Waals surface area contributed by atoms with Crippen LogP contribution in [0, 0.1) is 5.82 Å². The third-order valence-electron chi connectivity index (χ3n) is 2.37. The number of hydrogen-bond acceptors (Lipinski definition) is 3. The minimum absolute atomic E-state index is 0.128. The SMILES string of the molecule is C[C@@H](N)Cc1ccc(Cn2cc(F)cn2)nc1. The lowest BCUT2D eigenvalue weighted by Crippen LogP contribution is -2.17. The molecule has 0 radical (unpaired) electrons. The van der Waals surface area contributed by atoms with Gasteiger partial charge in [-0.3, -0.25) is 9.67 Å². The Morgan fingerprint density at radius 2 is 2.24 bits per heavy atom. The van der Waals surface area contributed by atoms with Gasteiger partial charge in [0.2, 0.25) is 0 Å². The molecule has 0 saturated heterocycles. The molecule has 2 heterocycles. The average Bonchev–Trinajstić information content (AvgIpc) is 2.66. The molecule has 0 bridgehead atoms. The first-order valence-electron chi connectivity index (χ1n) is 5.51. The van der Waals surface area contributed by atoms with Crippen LogP contribution in [0.25, 0.3) is 0 Å². The van der Waals surface area contributed by atoms with E-state index in [1.54, 1.807) is 6.20 Å². The van der Waals surface area contributed by atoms with Gasteiger partial charge in [-0.05, 0) is 25.0 Å². The van der Waals surface area contributed by atoms with Crippen LogP contribution in [0.15, 0.2) is 30.7 Å². The molecule has 0 aliphatic carbocycles. The highest BCUT2D eigenvalue weighted by Gasteiger charge is 2.02. The van der Waals surface area contributed by atoms with Crippen LogP contribution in [-0.4, -0.2) is 20.8 Å². The van der Waals surface area contributed by atoms with Crippen molar-refractivity contribution in [3.05, 3.63) is 47.8 Å². The largest absolute Gasteiger partial charge is 0.328 e. The van der Waals surface area contributed by atoms with Crippen molar-refractivity contribution in [2.24, 2.45) is 5.73 Å². The van der Waals surface area contributed by atoms with Gasteiger partial charge in [0.05, 0.1) is 24.6 Å². The number of hydrogen-bond donors (Lipinski definition) is 1. The van der Waals surface area contributed by atoms with E-state index >= 15 is 0 Å². The van der Waals surface area contributed by atoms with E-state index < -0.39 is 0 Å². The van der Waals surface area contributed by atoms with Crippen molar-refractivity contribution in [3.63, 3.8) is 0 Å². The van der Waals surface area contributed by atoms with E-state index in [9.17, 15) is 4.39 Å². The number of nitrogens with two attached hydrogens (primary N) is 1. The van der Waals surface area contributed by atoms with Crippen molar-refractivity contribution in [1.29, 1.82) is 0 Å². The number of pyridine rings is 1. The molecule has 2 rings (SSSR count). The van der Waals surface area contributed by atoms with Crippen molar-refractivity contribution in [2.75, 3.05) is 0 Å². The third-order valence-corrected chi connectivity index (χ3v) is 2.37. The van der Waals surface area contributed by atoms with Crippen LogP contribution in [0.2, 0.25) is 0 Å². The Balaban J connectivity index is 2.03. The molecule has 0 spiro atoms. The first-order chi connectivity index (χ1) is 8.13. The topological polar surface area (TPSA) is 56.7 Å². The quantitative estimate of drug-likeness (QED) is 0.868. The van der Waals surface area contributed by atoms with Crippen LogP contribution in [0.4, 0.5) is 4.39 Å². The van der Waals surface area contributed by atoms with Gasteiger partial charge in [0.25, 0.3) is 0 Å². The fourth-order valence-corrected chi connectivity index (χ4v) is 1.63. The minimum atomic E-state index is -0.335. The number of aromatic nitrogens is 3. The third kappa shape index (κ3) is 3.35. The molecule has 2 aromatic rings. The Hall–Kier alpha value is -1.75. The smallest absolute Gasteiger partial charge is 0.161 e. The van der Waals surface area contributed by atoms with Crippen molar-refractivity contribution in [2.45, 2.75) is 25.9 Å². The van der Waals surface area contributed by atoms with Crippen LogP contribution >= 0.6 is 0 Å². The molecule has 4 nitrogen and oxygen atoms in total. The molecule has 0 fully saturated rings. The van der Waals surface area contributed by atoms with Crippen LogP contribution < -0.4 is 5.73 Å². The van der Waals surface area contributed by atoms with Gasteiger partial charge < -0.3 is 5.73 Å². The molecular weight excluding hydrogens is 219 g/mol. The summed E-state index contributed by atoms with van der Waals surface area (Å²) in [6.07, 6.45) is 5.14. The van der Waals surface area contributed by atoms with Crippen molar-refractivity contribution < 1.29 is 4.39 Å². The standard InChI is InChI=1S/C12H15FN4/c1-9(14)4-10-2-3-12(15-5-10)8-17-7-11(13)6-16-17/h2-3,5-7,9H,4,8,14H2,1H3/t9-/m1/s1. The van der Waals surface area contributed by atoms with E-state index in [-0.39, 0.29) is 11.9 Å². The molecule has 0 amide bonds. The van der Waals surface area contributed by atoms with Crippen molar-refractivity contribution in [3.8, 4) is 0 Å². The fraction of sp³-hybridized carbons (Fsp3) is 0.333. The van der Waals surface area contributed by atoms with Gasteiger partial charge in [0.15, 0.2) is 5.82 Å². The van der Waals surface area contributed by atoms with E-state index in [0.29, 0.717) is 6.54 Å². The molecule has 0 aromatic carbocycles. The lowest BCUT2D eigenvalue weighted by atomic mass is 10.1. The Kier molecular flexibility index (Phi) is 3.49. The molecule has 0 aliphatic heterocycles. The first-order valence-corrected chi connectivity index (χ1v) is 5.51. The van der Waals surface area contributed by atoms with Crippen LogP contribution in [-0.2, 0) is 13.0 Å². The Morgan fingerprint density at radius 3 is 2.76 bits per heavy atom. The molecule has 2 N–H and O–H groups in total. The highest BCUT2D eigenvalue weighted by molar-refractivity contribution is 5.15.